The van der Waals surface area contributed by atoms with Crippen molar-refractivity contribution in [3.05, 3.63) is 60.2 Å². The molecule has 0 aliphatic heterocycles. The summed E-state index contributed by atoms with van der Waals surface area (Å²) in [4.78, 5) is 50.3. The molecule has 0 aliphatic rings. The third-order valence-corrected chi connectivity index (χ3v) is 1.70. The lowest BCUT2D eigenvalue weighted by atomic mass is 10.3. The Kier molecular flexibility index (Phi) is 21.8. The SMILES string of the molecule is N#Cc1ccccn1.NC(=O)c1ccccn1.O=C=O.O=C=O.O=P(Cl)(Cl)Cl. The standard InChI is InChI=1S/C6H6N2O.C6H4N2.2CO2.Cl3OP/c7-6(9)5-3-1-2-4-8-5;7-5-6-3-1-2-4-8-6;2*2-1-3;1-5(2,3)4/h1-4H,(H2,7,9);1-4H;;;. The van der Waals surface area contributed by atoms with E-state index in [1.54, 1.807) is 42.6 Å². The van der Waals surface area contributed by atoms with Gasteiger partial charge >= 0.3 is 17.5 Å². The summed E-state index contributed by atoms with van der Waals surface area (Å²) in [5.41, 5.74) is 5.68. The lowest BCUT2D eigenvalue weighted by Gasteiger charge is -1.88. The topological polar surface area (TPSA) is 178 Å². The molecule has 0 unspecified atom stereocenters. The van der Waals surface area contributed by atoms with Crippen molar-refractivity contribution >= 4 is 57.1 Å². The molecule has 148 valence electrons. The number of carbonyl (C=O) groups is 1. The molecule has 10 nitrogen and oxygen atoms in total. The zero-order valence-electron chi connectivity index (χ0n) is 13.6. The van der Waals surface area contributed by atoms with Crippen LogP contribution in [0.1, 0.15) is 16.2 Å². The van der Waals surface area contributed by atoms with Crippen molar-refractivity contribution < 1.29 is 28.5 Å². The number of carbonyl (C=O) groups excluding carboxylic acids is 5. The Morgan fingerprint density at radius 3 is 1.50 bits per heavy atom. The number of primary amides is 1. The van der Waals surface area contributed by atoms with E-state index >= 15 is 0 Å². The highest BCUT2D eigenvalue weighted by molar-refractivity contribution is 8.24. The van der Waals surface area contributed by atoms with Crippen LogP contribution in [0.3, 0.4) is 0 Å². The first-order chi connectivity index (χ1) is 13.1. The summed E-state index contributed by atoms with van der Waals surface area (Å²) >= 11 is 13.8. The van der Waals surface area contributed by atoms with E-state index in [9.17, 15) is 9.36 Å². The van der Waals surface area contributed by atoms with E-state index in [-0.39, 0.29) is 12.3 Å². The van der Waals surface area contributed by atoms with Gasteiger partial charge in [0.1, 0.15) is 17.5 Å². The molecular formula is C14H10Cl3N4O6P. The average molecular weight is 468 g/mol. The smallest absolute Gasteiger partial charge is 0.364 e. The summed E-state index contributed by atoms with van der Waals surface area (Å²) in [5.74, 6) is -0.490. The van der Waals surface area contributed by atoms with Crippen molar-refractivity contribution in [3.63, 3.8) is 0 Å². The van der Waals surface area contributed by atoms with Crippen LogP contribution in [0, 0.1) is 11.3 Å². The largest absolute Gasteiger partial charge is 0.373 e. The number of pyridine rings is 2. The van der Waals surface area contributed by atoms with E-state index in [0.717, 1.165) is 0 Å². The second kappa shape index (κ2) is 20.4. The Bertz CT molecular complexity index is 811. The molecule has 0 aliphatic carbocycles. The summed E-state index contributed by atoms with van der Waals surface area (Å²) in [7, 11) is 0. The van der Waals surface area contributed by atoms with Crippen molar-refractivity contribution in [1.29, 1.82) is 5.26 Å². The molecule has 0 fully saturated rings. The van der Waals surface area contributed by atoms with Crippen molar-refractivity contribution in [2.45, 2.75) is 0 Å². The van der Waals surface area contributed by atoms with E-state index in [2.05, 4.69) is 43.7 Å². The van der Waals surface area contributed by atoms with Gasteiger partial charge in [0.15, 0.2) is 0 Å². The number of halogens is 3. The van der Waals surface area contributed by atoms with Crippen molar-refractivity contribution in [2.24, 2.45) is 5.73 Å². The second-order valence-corrected chi connectivity index (χ2v) is 10.1. The summed E-state index contributed by atoms with van der Waals surface area (Å²) < 4.78 is 9.51. The number of hydrogen-bond donors (Lipinski definition) is 1. The quantitative estimate of drug-likeness (QED) is 0.617. The summed E-state index contributed by atoms with van der Waals surface area (Å²) in [6.45, 7) is 0. The van der Waals surface area contributed by atoms with Crippen LogP contribution in [0.2, 0.25) is 0 Å². The Morgan fingerprint density at radius 2 is 1.32 bits per heavy atom. The predicted octanol–water partition coefficient (Wildman–Crippen LogP) is 2.78. The molecule has 0 spiro atoms. The van der Waals surface area contributed by atoms with E-state index in [4.69, 9.17) is 30.2 Å². The second-order valence-electron chi connectivity index (χ2n) is 3.47. The monoisotopic (exact) mass is 466 g/mol. The minimum atomic E-state index is -3.22. The highest BCUT2D eigenvalue weighted by atomic mass is 36.0. The minimum absolute atomic E-state index is 0.250. The predicted molar refractivity (Wildman–Crippen MR) is 96.9 cm³/mol. The Balaban J connectivity index is -0.000000302. The fourth-order valence-corrected chi connectivity index (χ4v) is 0.937. The van der Waals surface area contributed by atoms with Crippen LogP contribution in [0.4, 0.5) is 0 Å². The minimum Gasteiger partial charge on any atom is -0.364 e. The number of amides is 1. The highest BCUT2D eigenvalue weighted by Gasteiger charge is 2.03. The molecule has 28 heavy (non-hydrogen) atoms. The highest BCUT2D eigenvalue weighted by Crippen LogP contribution is 2.61. The molecule has 0 saturated heterocycles. The van der Waals surface area contributed by atoms with Crippen LogP contribution in [-0.2, 0) is 23.7 Å². The van der Waals surface area contributed by atoms with Gasteiger partial charge in [0.05, 0.1) is 0 Å². The molecule has 0 bridgehead atoms. The Labute approximate surface area is 173 Å². The maximum Gasteiger partial charge on any atom is 0.373 e. The first-order valence-electron chi connectivity index (χ1n) is 6.26. The van der Waals surface area contributed by atoms with Crippen molar-refractivity contribution in [3.8, 4) is 6.07 Å². The van der Waals surface area contributed by atoms with Gasteiger partial charge in [-0.1, -0.05) is 12.1 Å². The van der Waals surface area contributed by atoms with Crippen molar-refractivity contribution in [2.75, 3.05) is 0 Å². The van der Waals surface area contributed by atoms with Gasteiger partial charge in [-0.15, -0.1) is 0 Å². The molecule has 2 aromatic heterocycles. The molecular weight excluding hydrogens is 458 g/mol. The van der Waals surface area contributed by atoms with Gasteiger partial charge in [-0.3, -0.25) is 14.3 Å². The summed E-state index contributed by atoms with van der Waals surface area (Å²) in [6, 6.07) is 12.2. The first-order valence-corrected chi connectivity index (χ1v) is 10.7. The fourth-order valence-electron chi connectivity index (χ4n) is 0.937. The summed E-state index contributed by atoms with van der Waals surface area (Å²) in [6.07, 6.45) is 3.62. The lowest BCUT2D eigenvalue weighted by Crippen LogP contribution is -2.12. The molecule has 1 amide bonds. The van der Waals surface area contributed by atoms with Gasteiger partial charge < -0.3 is 5.73 Å². The molecule has 0 radical (unpaired) electrons. The molecule has 2 heterocycles. The normalized spacial score (nSPS) is 7.79. The van der Waals surface area contributed by atoms with Crippen LogP contribution >= 0.6 is 38.9 Å². The van der Waals surface area contributed by atoms with Gasteiger partial charge in [-0.05, 0) is 58.0 Å². The number of nitrogens with zero attached hydrogens (tertiary/aromatic N) is 3. The van der Waals surface area contributed by atoms with E-state index in [1.807, 2.05) is 6.07 Å². The van der Waals surface area contributed by atoms with Crippen LogP contribution in [0.15, 0.2) is 48.8 Å². The number of aromatic nitrogens is 2. The number of nitrogens with two attached hydrogens (primary N) is 1. The number of rotatable bonds is 1. The molecule has 2 rings (SSSR count). The zero-order valence-corrected chi connectivity index (χ0v) is 16.7. The number of hydrogen-bond acceptors (Lipinski definition) is 9. The molecule has 2 N–H and O–H groups in total. The molecule has 0 atom stereocenters. The van der Waals surface area contributed by atoms with E-state index in [0.29, 0.717) is 11.4 Å². The van der Waals surface area contributed by atoms with Gasteiger partial charge in [0.2, 0.25) is 0 Å². The lowest BCUT2D eigenvalue weighted by molar-refractivity contribution is -0.193. The zero-order chi connectivity index (χ0) is 22.4. The van der Waals surface area contributed by atoms with Crippen LogP contribution in [0.25, 0.3) is 0 Å². The van der Waals surface area contributed by atoms with Crippen LogP contribution in [-0.4, -0.2) is 28.2 Å². The maximum atomic E-state index is 10.4. The van der Waals surface area contributed by atoms with Gasteiger partial charge in [-0.2, -0.15) is 24.4 Å². The molecule has 2 aromatic rings. The molecule has 0 aromatic carbocycles. The van der Waals surface area contributed by atoms with E-state index in [1.165, 1.54) is 6.20 Å². The Morgan fingerprint density at radius 1 is 0.929 bits per heavy atom. The van der Waals surface area contributed by atoms with Crippen molar-refractivity contribution in [1.82, 2.24) is 9.97 Å². The van der Waals surface area contributed by atoms with Gasteiger partial charge in [0.25, 0.3) is 5.91 Å². The maximum absolute atomic E-state index is 10.4. The van der Waals surface area contributed by atoms with Crippen LogP contribution in [0.5, 0.6) is 0 Å². The molecule has 0 saturated carbocycles. The Hall–Kier alpha value is -2.88. The third kappa shape index (κ3) is 30.9. The van der Waals surface area contributed by atoms with E-state index < -0.39 is 11.1 Å². The fraction of sp³-hybridized carbons (Fsp3) is 0. The summed E-state index contributed by atoms with van der Waals surface area (Å²) in [5, 5.41) is 5.00. The first kappa shape index (κ1) is 29.9. The third-order valence-electron chi connectivity index (χ3n) is 1.70. The van der Waals surface area contributed by atoms with Gasteiger partial charge in [0, 0.05) is 12.4 Å². The average Bonchev–Trinajstić information content (AvgIpc) is 2.64. The van der Waals surface area contributed by atoms with Gasteiger partial charge in [-0.25, -0.2) is 4.98 Å². The number of nitriles is 1. The molecule has 14 heteroatoms. The van der Waals surface area contributed by atoms with Crippen LogP contribution < -0.4 is 5.73 Å².